The second-order valence-corrected chi connectivity index (χ2v) is 5.95. The third kappa shape index (κ3) is 4.59. The van der Waals surface area contributed by atoms with Crippen molar-refractivity contribution in [3.05, 3.63) is 59.7 Å². The van der Waals surface area contributed by atoms with E-state index in [0.717, 1.165) is 12.0 Å². The van der Waals surface area contributed by atoms with Crippen LogP contribution in [-0.4, -0.2) is 23.1 Å². The van der Waals surface area contributed by atoms with Gasteiger partial charge in [0.05, 0.1) is 0 Å². The SMILES string of the molecule is CC[C@@H](C)c1ccccc1NC(=O)[C@H](C)OC(=O)c1ccccc1O. The van der Waals surface area contributed by atoms with Crippen molar-refractivity contribution >= 4 is 17.6 Å². The number of esters is 1. The molecule has 0 aliphatic carbocycles. The molecular weight excluding hydrogens is 318 g/mol. The van der Waals surface area contributed by atoms with Crippen molar-refractivity contribution in [2.45, 2.75) is 39.2 Å². The van der Waals surface area contributed by atoms with Crippen molar-refractivity contribution in [1.29, 1.82) is 0 Å². The highest BCUT2D eigenvalue weighted by Gasteiger charge is 2.21. The number of amides is 1. The van der Waals surface area contributed by atoms with Crippen LogP contribution in [0.25, 0.3) is 0 Å². The van der Waals surface area contributed by atoms with E-state index in [0.29, 0.717) is 11.6 Å². The fourth-order valence-electron chi connectivity index (χ4n) is 2.42. The number of hydrogen-bond acceptors (Lipinski definition) is 4. The van der Waals surface area contributed by atoms with Crippen molar-refractivity contribution in [2.75, 3.05) is 5.32 Å². The van der Waals surface area contributed by atoms with Gasteiger partial charge >= 0.3 is 5.97 Å². The fourth-order valence-corrected chi connectivity index (χ4v) is 2.42. The first-order valence-corrected chi connectivity index (χ1v) is 8.32. The number of aromatic hydroxyl groups is 1. The molecule has 2 rings (SSSR count). The first-order chi connectivity index (χ1) is 11.9. The number of para-hydroxylation sites is 2. The van der Waals surface area contributed by atoms with Crippen LogP contribution in [0.5, 0.6) is 5.75 Å². The Morgan fingerprint density at radius 2 is 1.72 bits per heavy atom. The molecule has 2 atom stereocenters. The summed E-state index contributed by atoms with van der Waals surface area (Å²) in [5.74, 6) is -1.03. The van der Waals surface area contributed by atoms with Crippen LogP contribution in [0.3, 0.4) is 0 Å². The highest BCUT2D eigenvalue weighted by Crippen LogP contribution is 2.26. The molecule has 0 spiro atoms. The van der Waals surface area contributed by atoms with Gasteiger partial charge < -0.3 is 15.2 Å². The topological polar surface area (TPSA) is 75.6 Å². The van der Waals surface area contributed by atoms with Gasteiger partial charge in [0.1, 0.15) is 11.3 Å². The third-order valence-electron chi connectivity index (χ3n) is 4.14. The molecule has 0 saturated heterocycles. The molecule has 0 unspecified atom stereocenters. The summed E-state index contributed by atoms with van der Waals surface area (Å²) in [5.41, 5.74) is 1.78. The van der Waals surface area contributed by atoms with Gasteiger partial charge in [-0.25, -0.2) is 4.79 Å². The molecule has 0 aliphatic rings. The lowest BCUT2D eigenvalue weighted by Gasteiger charge is -2.18. The van der Waals surface area contributed by atoms with E-state index < -0.39 is 18.0 Å². The van der Waals surface area contributed by atoms with E-state index in [1.807, 2.05) is 24.3 Å². The van der Waals surface area contributed by atoms with Crippen LogP contribution in [-0.2, 0) is 9.53 Å². The zero-order valence-electron chi connectivity index (χ0n) is 14.7. The van der Waals surface area contributed by atoms with Gasteiger partial charge in [0.15, 0.2) is 6.10 Å². The standard InChI is InChI=1S/C20H23NO4/c1-4-13(2)15-9-5-7-11-17(15)21-19(23)14(3)25-20(24)16-10-6-8-12-18(16)22/h5-14,22H,4H2,1-3H3,(H,21,23)/t13-,14+/m1/s1. The van der Waals surface area contributed by atoms with Gasteiger partial charge in [0.2, 0.25) is 0 Å². The van der Waals surface area contributed by atoms with Gasteiger partial charge in [-0.2, -0.15) is 0 Å². The summed E-state index contributed by atoms with van der Waals surface area (Å²) in [6.45, 7) is 5.67. The number of anilines is 1. The molecule has 0 aromatic heterocycles. The molecule has 0 bridgehead atoms. The Bertz CT molecular complexity index is 757. The van der Waals surface area contributed by atoms with Crippen LogP contribution >= 0.6 is 0 Å². The minimum Gasteiger partial charge on any atom is -0.507 e. The normalized spacial score (nSPS) is 12.9. The Morgan fingerprint density at radius 1 is 1.08 bits per heavy atom. The lowest BCUT2D eigenvalue weighted by Crippen LogP contribution is -2.30. The average Bonchev–Trinajstić information content (AvgIpc) is 2.61. The average molecular weight is 341 g/mol. The molecule has 132 valence electrons. The zero-order valence-corrected chi connectivity index (χ0v) is 14.7. The maximum absolute atomic E-state index is 12.4. The minimum absolute atomic E-state index is 0.0298. The second-order valence-electron chi connectivity index (χ2n) is 5.95. The van der Waals surface area contributed by atoms with E-state index in [4.69, 9.17) is 4.74 Å². The third-order valence-corrected chi connectivity index (χ3v) is 4.14. The molecule has 0 saturated carbocycles. The largest absolute Gasteiger partial charge is 0.507 e. The monoisotopic (exact) mass is 341 g/mol. The Hall–Kier alpha value is -2.82. The lowest BCUT2D eigenvalue weighted by atomic mass is 9.97. The molecule has 0 fully saturated rings. The summed E-state index contributed by atoms with van der Waals surface area (Å²) in [6, 6.07) is 13.6. The molecule has 1 amide bonds. The van der Waals surface area contributed by atoms with Crippen molar-refractivity contribution in [3.8, 4) is 5.75 Å². The number of rotatable bonds is 6. The van der Waals surface area contributed by atoms with E-state index >= 15 is 0 Å². The van der Waals surface area contributed by atoms with Gasteiger partial charge in [-0.1, -0.05) is 44.2 Å². The summed E-state index contributed by atoms with van der Waals surface area (Å²) >= 11 is 0. The predicted molar refractivity (Wildman–Crippen MR) is 96.8 cm³/mol. The van der Waals surface area contributed by atoms with Gasteiger partial charge in [-0.3, -0.25) is 4.79 Å². The van der Waals surface area contributed by atoms with E-state index in [2.05, 4.69) is 19.2 Å². The first-order valence-electron chi connectivity index (χ1n) is 8.32. The second kappa shape index (κ2) is 8.33. The summed E-state index contributed by atoms with van der Waals surface area (Å²) in [7, 11) is 0. The number of hydrogen-bond donors (Lipinski definition) is 2. The maximum Gasteiger partial charge on any atom is 0.342 e. The molecule has 2 aromatic rings. The molecular formula is C20H23NO4. The van der Waals surface area contributed by atoms with Crippen LogP contribution in [0, 0.1) is 0 Å². The van der Waals surface area contributed by atoms with Gasteiger partial charge in [-0.05, 0) is 43.0 Å². The van der Waals surface area contributed by atoms with E-state index in [-0.39, 0.29) is 11.3 Å². The van der Waals surface area contributed by atoms with E-state index in [1.165, 1.54) is 19.1 Å². The number of benzene rings is 2. The van der Waals surface area contributed by atoms with E-state index in [9.17, 15) is 14.7 Å². The van der Waals surface area contributed by atoms with Crippen LogP contribution in [0.1, 0.15) is 49.0 Å². The highest BCUT2D eigenvalue weighted by atomic mass is 16.5. The predicted octanol–water partition coefficient (Wildman–Crippen LogP) is 4.09. The lowest BCUT2D eigenvalue weighted by molar-refractivity contribution is -0.123. The van der Waals surface area contributed by atoms with Crippen LogP contribution in [0.15, 0.2) is 48.5 Å². The molecule has 0 radical (unpaired) electrons. The number of nitrogens with one attached hydrogen (secondary N) is 1. The smallest absolute Gasteiger partial charge is 0.342 e. The molecule has 2 aromatic carbocycles. The molecule has 0 aliphatic heterocycles. The highest BCUT2D eigenvalue weighted by molar-refractivity contribution is 5.98. The number of phenols is 1. The number of ether oxygens (including phenoxy) is 1. The summed E-state index contributed by atoms with van der Waals surface area (Å²) in [6.07, 6.45) is -0.0397. The number of carbonyl (C=O) groups is 2. The molecule has 0 heterocycles. The Morgan fingerprint density at radius 3 is 2.40 bits per heavy atom. The molecule has 5 heteroatoms. The molecule has 2 N–H and O–H groups in total. The Kier molecular flexibility index (Phi) is 6.17. The van der Waals surface area contributed by atoms with Gasteiger partial charge in [-0.15, -0.1) is 0 Å². The summed E-state index contributed by atoms with van der Waals surface area (Å²) in [5, 5.41) is 12.5. The quantitative estimate of drug-likeness (QED) is 0.776. The van der Waals surface area contributed by atoms with Crippen molar-refractivity contribution in [3.63, 3.8) is 0 Å². The van der Waals surface area contributed by atoms with E-state index in [1.54, 1.807) is 12.1 Å². The first kappa shape index (κ1) is 18.5. The van der Waals surface area contributed by atoms with Crippen LogP contribution in [0.2, 0.25) is 0 Å². The van der Waals surface area contributed by atoms with Crippen molar-refractivity contribution < 1.29 is 19.4 Å². The zero-order chi connectivity index (χ0) is 18.4. The number of carbonyl (C=O) groups excluding carboxylic acids is 2. The molecule has 5 nitrogen and oxygen atoms in total. The maximum atomic E-state index is 12.4. The van der Waals surface area contributed by atoms with Crippen molar-refractivity contribution in [1.82, 2.24) is 0 Å². The van der Waals surface area contributed by atoms with Gasteiger partial charge in [0.25, 0.3) is 5.91 Å². The fraction of sp³-hybridized carbons (Fsp3) is 0.300. The summed E-state index contributed by atoms with van der Waals surface area (Å²) < 4.78 is 5.17. The Balaban J connectivity index is 2.06. The minimum atomic E-state index is -0.989. The van der Waals surface area contributed by atoms with Crippen LogP contribution < -0.4 is 5.32 Å². The van der Waals surface area contributed by atoms with Crippen LogP contribution in [0.4, 0.5) is 5.69 Å². The molecule has 25 heavy (non-hydrogen) atoms. The van der Waals surface area contributed by atoms with Gasteiger partial charge in [0, 0.05) is 5.69 Å². The Labute approximate surface area is 147 Å². The summed E-state index contributed by atoms with van der Waals surface area (Å²) in [4.78, 5) is 24.5. The van der Waals surface area contributed by atoms with Crippen molar-refractivity contribution in [2.24, 2.45) is 0 Å². The number of phenolic OH excluding ortho intramolecular Hbond substituents is 1.